The molecule has 3 aliphatic rings. The molecule has 0 unspecified atom stereocenters. The van der Waals surface area contributed by atoms with Crippen LogP contribution in [0.25, 0.3) is 0 Å². The molecule has 0 aromatic carbocycles. The third kappa shape index (κ3) is 4.44. The summed E-state index contributed by atoms with van der Waals surface area (Å²) < 4.78 is 5.53. The minimum atomic E-state index is -0.390. The highest BCUT2D eigenvalue weighted by molar-refractivity contribution is 5.68. The zero-order valence-electron chi connectivity index (χ0n) is 16.0. The molecule has 2 aliphatic heterocycles. The first-order valence-electron chi connectivity index (χ1n) is 10.1. The molecule has 0 aromatic heterocycles. The molecule has 3 rings (SSSR count). The molecule has 138 valence electrons. The van der Waals surface area contributed by atoms with Gasteiger partial charge in [0.15, 0.2) is 0 Å². The topological polar surface area (TPSA) is 32.8 Å². The summed E-state index contributed by atoms with van der Waals surface area (Å²) in [5, 5.41) is 0. The van der Waals surface area contributed by atoms with E-state index >= 15 is 0 Å². The Morgan fingerprint density at radius 1 is 0.917 bits per heavy atom. The maximum atomic E-state index is 12.2. The van der Waals surface area contributed by atoms with Gasteiger partial charge in [0.25, 0.3) is 0 Å². The molecule has 0 N–H and O–H groups in total. The molecule has 1 aliphatic carbocycles. The van der Waals surface area contributed by atoms with Crippen LogP contribution in [0.15, 0.2) is 0 Å². The van der Waals surface area contributed by atoms with E-state index in [1.165, 1.54) is 70.9 Å². The first-order valence-corrected chi connectivity index (χ1v) is 10.1. The Hall–Kier alpha value is -0.770. The number of piperidine rings is 2. The van der Waals surface area contributed by atoms with E-state index in [0.29, 0.717) is 5.41 Å². The first kappa shape index (κ1) is 18.0. The van der Waals surface area contributed by atoms with Gasteiger partial charge in [-0.15, -0.1) is 0 Å². The SMILES string of the molecule is CC(C)(C)OC(=O)N1CCC2(CCC(N3CCCCC3)CC2)CC1. The highest BCUT2D eigenvalue weighted by Gasteiger charge is 2.40. The third-order valence-electron chi connectivity index (χ3n) is 6.40. The quantitative estimate of drug-likeness (QED) is 0.710. The van der Waals surface area contributed by atoms with Gasteiger partial charge < -0.3 is 14.5 Å². The number of carbonyl (C=O) groups is 1. The van der Waals surface area contributed by atoms with Crippen molar-refractivity contribution in [3.63, 3.8) is 0 Å². The molecule has 0 radical (unpaired) electrons. The largest absolute Gasteiger partial charge is 0.444 e. The second kappa shape index (κ2) is 7.23. The normalized spacial score (nSPS) is 26.5. The number of amides is 1. The lowest BCUT2D eigenvalue weighted by molar-refractivity contribution is -0.00361. The van der Waals surface area contributed by atoms with Crippen LogP contribution in [0.5, 0.6) is 0 Å². The van der Waals surface area contributed by atoms with Crippen LogP contribution in [0.3, 0.4) is 0 Å². The molecule has 0 atom stereocenters. The smallest absolute Gasteiger partial charge is 0.410 e. The van der Waals surface area contributed by atoms with Crippen molar-refractivity contribution in [3.8, 4) is 0 Å². The van der Waals surface area contributed by atoms with Crippen molar-refractivity contribution in [2.45, 2.75) is 90.2 Å². The second-order valence-corrected chi connectivity index (χ2v) is 9.30. The molecule has 1 amide bonds. The predicted molar refractivity (Wildman–Crippen MR) is 97.2 cm³/mol. The van der Waals surface area contributed by atoms with E-state index in [2.05, 4.69) is 4.90 Å². The average molecular weight is 337 g/mol. The second-order valence-electron chi connectivity index (χ2n) is 9.30. The Balaban J connectivity index is 1.46. The molecular formula is C20H36N2O2. The molecule has 24 heavy (non-hydrogen) atoms. The minimum absolute atomic E-state index is 0.126. The lowest BCUT2D eigenvalue weighted by atomic mass is 9.66. The highest BCUT2D eigenvalue weighted by atomic mass is 16.6. The Bertz CT molecular complexity index is 419. The lowest BCUT2D eigenvalue weighted by Gasteiger charge is -2.48. The standard InChI is InChI=1S/C20H36N2O2/c1-19(2,3)24-18(23)22-15-11-20(12-16-22)9-7-17(8-10-20)21-13-5-4-6-14-21/h17H,4-16H2,1-3H3. The number of ether oxygens (including phenoxy) is 1. The summed E-state index contributed by atoms with van der Waals surface area (Å²) in [6.07, 6.45) is 11.9. The summed E-state index contributed by atoms with van der Waals surface area (Å²) in [6, 6.07) is 0.833. The molecule has 3 fully saturated rings. The summed E-state index contributed by atoms with van der Waals surface area (Å²) in [7, 11) is 0. The monoisotopic (exact) mass is 336 g/mol. The zero-order chi connectivity index (χ0) is 17.2. The van der Waals surface area contributed by atoms with E-state index in [1.54, 1.807) is 0 Å². The van der Waals surface area contributed by atoms with E-state index in [0.717, 1.165) is 19.1 Å². The molecule has 2 saturated heterocycles. The average Bonchev–Trinajstić information content (AvgIpc) is 2.55. The van der Waals surface area contributed by atoms with Crippen LogP contribution in [-0.2, 0) is 4.74 Å². The van der Waals surface area contributed by atoms with Gasteiger partial charge in [-0.1, -0.05) is 6.42 Å². The van der Waals surface area contributed by atoms with Crippen molar-refractivity contribution in [2.24, 2.45) is 5.41 Å². The van der Waals surface area contributed by atoms with Crippen LogP contribution in [-0.4, -0.2) is 53.7 Å². The number of nitrogens with zero attached hydrogens (tertiary/aromatic N) is 2. The van der Waals surface area contributed by atoms with Crippen LogP contribution in [0.4, 0.5) is 4.79 Å². The number of carbonyl (C=O) groups excluding carboxylic acids is 1. The van der Waals surface area contributed by atoms with Gasteiger partial charge in [0.2, 0.25) is 0 Å². The fourth-order valence-corrected chi connectivity index (χ4v) is 4.85. The highest BCUT2D eigenvalue weighted by Crippen LogP contribution is 2.46. The van der Waals surface area contributed by atoms with Gasteiger partial charge >= 0.3 is 6.09 Å². The summed E-state index contributed by atoms with van der Waals surface area (Å²) in [4.78, 5) is 16.9. The van der Waals surface area contributed by atoms with Gasteiger partial charge in [0, 0.05) is 19.1 Å². The van der Waals surface area contributed by atoms with Gasteiger partial charge in [-0.2, -0.15) is 0 Å². The van der Waals surface area contributed by atoms with E-state index < -0.39 is 5.60 Å². The van der Waals surface area contributed by atoms with Crippen molar-refractivity contribution < 1.29 is 9.53 Å². The van der Waals surface area contributed by atoms with Gasteiger partial charge in [-0.25, -0.2) is 4.79 Å². The first-order chi connectivity index (χ1) is 11.4. The van der Waals surface area contributed by atoms with Gasteiger partial charge in [0.05, 0.1) is 0 Å². The maximum Gasteiger partial charge on any atom is 0.410 e. The van der Waals surface area contributed by atoms with Crippen LogP contribution in [0.1, 0.15) is 78.6 Å². The summed E-state index contributed by atoms with van der Waals surface area (Å²) in [5.74, 6) is 0. The molecule has 1 spiro atoms. The van der Waals surface area contributed by atoms with Crippen LogP contribution in [0.2, 0.25) is 0 Å². The van der Waals surface area contributed by atoms with Crippen molar-refractivity contribution in [1.82, 2.24) is 9.80 Å². The van der Waals surface area contributed by atoms with Gasteiger partial charge in [0.1, 0.15) is 5.60 Å². The summed E-state index contributed by atoms with van der Waals surface area (Å²) in [5.41, 5.74) is 0.115. The molecular weight excluding hydrogens is 300 g/mol. The Morgan fingerprint density at radius 2 is 1.50 bits per heavy atom. The predicted octanol–water partition coefficient (Wildman–Crippen LogP) is 4.43. The molecule has 0 bridgehead atoms. The van der Waals surface area contributed by atoms with Crippen LogP contribution < -0.4 is 0 Å². The molecule has 2 heterocycles. The van der Waals surface area contributed by atoms with E-state index in [1.807, 2.05) is 25.7 Å². The number of hydrogen-bond acceptors (Lipinski definition) is 3. The Morgan fingerprint density at radius 3 is 2.04 bits per heavy atom. The van der Waals surface area contributed by atoms with Crippen LogP contribution >= 0.6 is 0 Å². The van der Waals surface area contributed by atoms with Gasteiger partial charge in [-0.05, 0) is 90.6 Å². The van der Waals surface area contributed by atoms with Crippen LogP contribution in [0, 0.1) is 5.41 Å². The number of hydrogen-bond donors (Lipinski definition) is 0. The minimum Gasteiger partial charge on any atom is -0.444 e. The van der Waals surface area contributed by atoms with Crippen molar-refractivity contribution in [3.05, 3.63) is 0 Å². The summed E-state index contributed by atoms with van der Waals surface area (Å²) >= 11 is 0. The maximum absolute atomic E-state index is 12.2. The van der Waals surface area contributed by atoms with Crippen molar-refractivity contribution >= 4 is 6.09 Å². The molecule has 0 aromatic rings. The van der Waals surface area contributed by atoms with Crippen molar-refractivity contribution in [1.29, 1.82) is 0 Å². The van der Waals surface area contributed by atoms with E-state index in [-0.39, 0.29) is 6.09 Å². The molecule has 1 saturated carbocycles. The number of likely N-dealkylation sites (tertiary alicyclic amines) is 2. The van der Waals surface area contributed by atoms with Gasteiger partial charge in [-0.3, -0.25) is 0 Å². The number of rotatable bonds is 1. The molecule has 4 nitrogen and oxygen atoms in total. The Labute approximate surface area is 147 Å². The Kier molecular flexibility index (Phi) is 5.43. The molecule has 4 heteroatoms. The zero-order valence-corrected chi connectivity index (χ0v) is 16.0. The lowest BCUT2D eigenvalue weighted by Crippen LogP contribution is -2.48. The summed E-state index contributed by atoms with van der Waals surface area (Å²) in [6.45, 7) is 10.2. The third-order valence-corrected chi connectivity index (χ3v) is 6.40. The van der Waals surface area contributed by atoms with Crippen molar-refractivity contribution in [2.75, 3.05) is 26.2 Å². The fourth-order valence-electron chi connectivity index (χ4n) is 4.85. The fraction of sp³-hybridized carbons (Fsp3) is 0.950. The van der Waals surface area contributed by atoms with E-state index in [4.69, 9.17) is 4.74 Å². The van der Waals surface area contributed by atoms with E-state index in [9.17, 15) is 4.79 Å².